The van der Waals surface area contributed by atoms with E-state index in [0.717, 1.165) is 29.4 Å². The fourth-order valence-electron chi connectivity index (χ4n) is 3.20. The van der Waals surface area contributed by atoms with Gasteiger partial charge in [0, 0.05) is 28.7 Å². The number of hydrogen-bond donors (Lipinski definition) is 2. The number of anilines is 1. The van der Waals surface area contributed by atoms with Gasteiger partial charge in [-0.25, -0.2) is 0 Å². The highest BCUT2D eigenvalue weighted by atomic mass is 35.5. The van der Waals surface area contributed by atoms with Crippen molar-refractivity contribution in [1.29, 1.82) is 0 Å². The van der Waals surface area contributed by atoms with Crippen molar-refractivity contribution in [3.8, 4) is 0 Å². The molecule has 5 nitrogen and oxygen atoms in total. The van der Waals surface area contributed by atoms with Crippen LogP contribution in [0.1, 0.15) is 43.9 Å². The Bertz CT molecular complexity index is 693. The maximum atomic E-state index is 11.4. The second-order valence-electron chi connectivity index (χ2n) is 6.09. The van der Waals surface area contributed by atoms with E-state index in [1.165, 1.54) is 12.0 Å². The number of benzene rings is 1. The van der Waals surface area contributed by atoms with Gasteiger partial charge in [0.05, 0.1) is 13.0 Å². The Labute approximate surface area is 146 Å². The van der Waals surface area contributed by atoms with Gasteiger partial charge in [-0.05, 0) is 37.5 Å². The molecular weight excluding hydrogens is 326 g/mol. The quantitative estimate of drug-likeness (QED) is 0.745. The SMILES string of the molecule is CCOC(=O)CCNc1cc(C2(c3ccc(Cl)cc3)CCC2)[nH]n1. The van der Waals surface area contributed by atoms with Crippen molar-refractivity contribution in [1.82, 2.24) is 10.2 Å². The van der Waals surface area contributed by atoms with E-state index in [4.69, 9.17) is 16.3 Å². The maximum absolute atomic E-state index is 11.4. The topological polar surface area (TPSA) is 67.0 Å². The average Bonchev–Trinajstić information content (AvgIpc) is 2.97. The van der Waals surface area contributed by atoms with E-state index in [9.17, 15) is 4.79 Å². The van der Waals surface area contributed by atoms with E-state index in [1.807, 2.05) is 18.2 Å². The lowest BCUT2D eigenvalue weighted by Gasteiger charge is -2.41. The fraction of sp³-hybridized carbons (Fsp3) is 0.444. The van der Waals surface area contributed by atoms with E-state index in [-0.39, 0.29) is 11.4 Å². The number of esters is 1. The van der Waals surface area contributed by atoms with Crippen molar-refractivity contribution in [2.75, 3.05) is 18.5 Å². The summed E-state index contributed by atoms with van der Waals surface area (Å²) in [7, 11) is 0. The van der Waals surface area contributed by atoms with Crippen molar-refractivity contribution < 1.29 is 9.53 Å². The maximum Gasteiger partial charge on any atom is 0.307 e. The van der Waals surface area contributed by atoms with E-state index < -0.39 is 0 Å². The standard InChI is InChI=1S/C18H22ClN3O2/c1-2-24-17(23)8-11-20-16-12-15(21-22-16)18(9-3-10-18)13-4-6-14(19)7-5-13/h4-7,12H,2-3,8-11H2,1H3,(H2,20,21,22). The van der Waals surface area contributed by atoms with Crippen LogP contribution in [0, 0.1) is 0 Å². The minimum Gasteiger partial charge on any atom is -0.466 e. The van der Waals surface area contributed by atoms with Crippen LogP contribution in [0.2, 0.25) is 5.02 Å². The molecule has 1 aromatic heterocycles. The highest BCUT2D eigenvalue weighted by molar-refractivity contribution is 6.30. The zero-order valence-electron chi connectivity index (χ0n) is 13.8. The lowest BCUT2D eigenvalue weighted by Crippen LogP contribution is -2.35. The Balaban J connectivity index is 1.67. The van der Waals surface area contributed by atoms with Gasteiger partial charge < -0.3 is 10.1 Å². The van der Waals surface area contributed by atoms with E-state index in [1.54, 1.807) is 6.92 Å². The summed E-state index contributed by atoms with van der Waals surface area (Å²) in [5.41, 5.74) is 2.37. The Morgan fingerprint density at radius 2 is 2.12 bits per heavy atom. The number of H-pyrrole nitrogens is 1. The second-order valence-corrected chi connectivity index (χ2v) is 6.53. The number of carbonyl (C=O) groups is 1. The van der Waals surface area contributed by atoms with E-state index in [2.05, 4.69) is 27.6 Å². The van der Waals surface area contributed by atoms with Crippen LogP contribution >= 0.6 is 11.6 Å². The number of carbonyl (C=O) groups excluding carboxylic acids is 1. The van der Waals surface area contributed by atoms with Crippen molar-refractivity contribution in [2.45, 2.75) is 38.0 Å². The molecule has 1 aliphatic carbocycles. The third-order valence-electron chi connectivity index (χ3n) is 4.64. The summed E-state index contributed by atoms with van der Waals surface area (Å²) >= 11 is 6.01. The molecule has 0 aliphatic heterocycles. The van der Waals surface area contributed by atoms with Gasteiger partial charge in [-0.15, -0.1) is 0 Å². The molecule has 1 aromatic carbocycles. The van der Waals surface area contributed by atoms with Gasteiger partial charge in [0.15, 0.2) is 0 Å². The number of halogens is 1. The van der Waals surface area contributed by atoms with Gasteiger partial charge in [0.2, 0.25) is 0 Å². The predicted octanol–water partition coefficient (Wildman–Crippen LogP) is 3.90. The summed E-state index contributed by atoms with van der Waals surface area (Å²) in [5.74, 6) is 0.562. The first-order valence-electron chi connectivity index (χ1n) is 8.35. The van der Waals surface area contributed by atoms with Crippen LogP contribution in [0.3, 0.4) is 0 Å². The number of rotatable bonds is 7. The number of nitrogens with one attached hydrogen (secondary N) is 2. The molecule has 0 unspecified atom stereocenters. The zero-order chi connectivity index (χ0) is 17.0. The normalized spacial score (nSPS) is 15.6. The molecule has 0 amide bonds. The molecule has 1 fully saturated rings. The average molecular weight is 348 g/mol. The Morgan fingerprint density at radius 1 is 1.38 bits per heavy atom. The number of ether oxygens (including phenoxy) is 1. The molecule has 0 bridgehead atoms. The van der Waals surface area contributed by atoms with Crippen molar-refractivity contribution in [3.63, 3.8) is 0 Å². The first kappa shape index (κ1) is 16.8. The molecule has 1 aliphatic rings. The fourth-order valence-corrected chi connectivity index (χ4v) is 3.32. The second kappa shape index (κ2) is 7.26. The summed E-state index contributed by atoms with van der Waals surface area (Å²) in [6.45, 7) is 2.73. The van der Waals surface area contributed by atoms with Crippen LogP contribution in [0.25, 0.3) is 0 Å². The molecule has 2 N–H and O–H groups in total. The molecule has 1 saturated carbocycles. The summed E-state index contributed by atoms with van der Waals surface area (Å²) in [4.78, 5) is 11.4. The lowest BCUT2D eigenvalue weighted by molar-refractivity contribution is -0.142. The summed E-state index contributed by atoms with van der Waals surface area (Å²) < 4.78 is 4.92. The number of aromatic nitrogens is 2. The molecule has 0 saturated heterocycles. The molecule has 24 heavy (non-hydrogen) atoms. The molecule has 0 spiro atoms. The smallest absolute Gasteiger partial charge is 0.307 e. The van der Waals surface area contributed by atoms with Gasteiger partial charge >= 0.3 is 5.97 Å². The third kappa shape index (κ3) is 3.41. The van der Waals surface area contributed by atoms with Crippen LogP contribution in [0.5, 0.6) is 0 Å². The Hall–Kier alpha value is -2.01. The molecule has 3 rings (SSSR count). The van der Waals surface area contributed by atoms with Gasteiger partial charge in [-0.3, -0.25) is 9.89 Å². The van der Waals surface area contributed by atoms with Gasteiger partial charge in [0.1, 0.15) is 5.82 Å². The van der Waals surface area contributed by atoms with Crippen LogP contribution in [-0.2, 0) is 14.9 Å². The minimum atomic E-state index is -0.197. The lowest BCUT2D eigenvalue weighted by atomic mass is 9.62. The number of aromatic amines is 1. The van der Waals surface area contributed by atoms with Gasteiger partial charge in [-0.2, -0.15) is 5.10 Å². The molecule has 1 heterocycles. The highest BCUT2D eigenvalue weighted by Gasteiger charge is 2.41. The molecule has 0 atom stereocenters. The molecule has 2 aromatic rings. The van der Waals surface area contributed by atoms with Crippen LogP contribution in [0.15, 0.2) is 30.3 Å². The predicted molar refractivity (Wildman–Crippen MR) is 94.4 cm³/mol. The number of nitrogens with zero attached hydrogens (tertiary/aromatic N) is 1. The first-order valence-corrected chi connectivity index (χ1v) is 8.73. The third-order valence-corrected chi connectivity index (χ3v) is 4.89. The van der Waals surface area contributed by atoms with Gasteiger partial charge in [0.25, 0.3) is 0 Å². The van der Waals surface area contributed by atoms with Crippen LogP contribution in [0.4, 0.5) is 5.82 Å². The Kier molecular flexibility index (Phi) is 5.09. The molecule has 6 heteroatoms. The largest absolute Gasteiger partial charge is 0.466 e. The van der Waals surface area contributed by atoms with Crippen molar-refractivity contribution >= 4 is 23.4 Å². The first-order chi connectivity index (χ1) is 11.6. The van der Waals surface area contributed by atoms with E-state index in [0.29, 0.717) is 19.6 Å². The van der Waals surface area contributed by atoms with Crippen molar-refractivity contribution in [2.24, 2.45) is 0 Å². The number of hydrogen-bond acceptors (Lipinski definition) is 4. The van der Waals surface area contributed by atoms with E-state index >= 15 is 0 Å². The monoisotopic (exact) mass is 347 g/mol. The van der Waals surface area contributed by atoms with Crippen LogP contribution < -0.4 is 5.32 Å². The summed E-state index contributed by atoms with van der Waals surface area (Å²) in [5, 5.41) is 11.4. The summed E-state index contributed by atoms with van der Waals surface area (Å²) in [6, 6.07) is 10.1. The zero-order valence-corrected chi connectivity index (χ0v) is 14.5. The summed E-state index contributed by atoms with van der Waals surface area (Å²) in [6.07, 6.45) is 3.73. The molecule has 0 radical (unpaired) electrons. The minimum absolute atomic E-state index is 0.00133. The van der Waals surface area contributed by atoms with Gasteiger partial charge in [-0.1, -0.05) is 30.2 Å². The van der Waals surface area contributed by atoms with Crippen molar-refractivity contribution in [3.05, 3.63) is 46.6 Å². The Morgan fingerprint density at radius 3 is 2.75 bits per heavy atom. The van der Waals surface area contributed by atoms with Crippen LogP contribution in [-0.4, -0.2) is 29.3 Å². The highest BCUT2D eigenvalue weighted by Crippen LogP contribution is 2.48. The molecular formula is C18H22ClN3O2. The molecule has 128 valence electrons.